The Morgan fingerprint density at radius 1 is 1.29 bits per heavy atom. The van der Waals surface area contributed by atoms with Gasteiger partial charge in [0.1, 0.15) is 0 Å². The number of aryl methyl sites for hydroxylation is 2. The largest absolute Gasteiger partial charge is 0.306 e. The molecular formula is C13H17N3S. The second-order valence-electron chi connectivity index (χ2n) is 4.07. The highest BCUT2D eigenvalue weighted by atomic mass is 32.1. The Labute approximate surface area is 106 Å². The Hall–Kier alpha value is -1.26. The van der Waals surface area contributed by atoms with Gasteiger partial charge in [0.25, 0.3) is 0 Å². The average molecular weight is 247 g/mol. The van der Waals surface area contributed by atoms with Gasteiger partial charge in [0, 0.05) is 23.5 Å². The Balaban J connectivity index is 2.35. The van der Waals surface area contributed by atoms with Crippen molar-refractivity contribution >= 4 is 11.3 Å². The number of rotatable bonds is 4. The Kier molecular flexibility index (Phi) is 3.86. The monoisotopic (exact) mass is 247 g/mol. The summed E-state index contributed by atoms with van der Waals surface area (Å²) in [5, 5.41) is 4.59. The summed E-state index contributed by atoms with van der Waals surface area (Å²) in [6.07, 6.45) is 5.76. The first-order valence-electron chi connectivity index (χ1n) is 5.78. The van der Waals surface area contributed by atoms with Gasteiger partial charge < -0.3 is 5.32 Å². The van der Waals surface area contributed by atoms with Crippen LogP contribution in [0.5, 0.6) is 0 Å². The molecule has 0 aromatic carbocycles. The summed E-state index contributed by atoms with van der Waals surface area (Å²) >= 11 is 1.74. The van der Waals surface area contributed by atoms with Gasteiger partial charge >= 0.3 is 0 Å². The molecule has 3 nitrogen and oxygen atoms in total. The minimum Gasteiger partial charge on any atom is -0.306 e. The molecule has 0 saturated heterocycles. The number of thiazole rings is 1. The number of hydrogen-bond acceptors (Lipinski definition) is 4. The lowest BCUT2D eigenvalue weighted by Gasteiger charge is -2.16. The van der Waals surface area contributed by atoms with Crippen molar-refractivity contribution in [3.05, 3.63) is 45.7 Å². The Morgan fingerprint density at radius 3 is 2.71 bits per heavy atom. The third-order valence-electron chi connectivity index (χ3n) is 2.56. The van der Waals surface area contributed by atoms with Gasteiger partial charge in [-0.2, -0.15) is 0 Å². The predicted octanol–water partition coefficient (Wildman–Crippen LogP) is 2.85. The highest BCUT2D eigenvalue weighted by Gasteiger charge is 2.15. The van der Waals surface area contributed by atoms with Crippen molar-refractivity contribution in [2.75, 3.05) is 6.54 Å². The first kappa shape index (κ1) is 12.2. The molecule has 90 valence electrons. The van der Waals surface area contributed by atoms with Crippen LogP contribution in [0.4, 0.5) is 0 Å². The minimum atomic E-state index is 0.207. The molecule has 2 rings (SSSR count). The first-order chi connectivity index (χ1) is 8.20. The van der Waals surface area contributed by atoms with Crippen molar-refractivity contribution in [1.82, 2.24) is 15.3 Å². The fourth-order valence-electron chi connectivity index (χ4n) is 1.83. The quantitative estimate of drug-likeness (QED) is 0.902. The van der Waals surface area contributed by atoms with E-state index in [1.807, 2.05) is 25.5 Å². The van der Waals surface area contributed by atoms with Crippen molar-refractivity contribution in [3.63, 3.8) is 0 Å². The molecule has 2 aromatic rings. The van der Waals surface area contributed by atoms with Crippen LogP contribution in [-0.2, 0) is 0 Å². The van der Waals surface area contributed by atoms with Gasteiger partial charge in [0.15, 0.2) is 0 Å². The van der Waals surface area contributed by atoms with E-state index >= 15 is 0 Å². The molecule has 0 aliphatic carbocycles. The van der Waals surface area contributed by atoms with Crippen LogP contribution in [0.3, 0.4) is 0 Å². The molecule has 2 heterocycles. The molecule has 0 aliphatic rings. The molecule has 0 radical (unpaired) electrons. The molecule has 2 aromatic heterocycles. The zero-order valence-electron chi connectivity index (χ0n) is 10.4. The summed E-state index contributed by atoms with van der Waals surface area (Å²) in [6, 6.07) is 2.38. The van der Waals surface area contributed by atoms with Gasteiger partial charge in [-0.15, -0.1) is 11.3 Å². The van der Waals surface area contributed by atoms with E-state index in [0.717, 1.165) is 11.6 Å². The number of aromatic nitrogens is 2. The zero-order chi connectivity index (χ0) is 12.3. The van der Waals surface area contributed by atoms with Gasteiger partial charge in [-0.1, -0.05) is 13.0 Å². The fraction of sp³-hybridized carbons (Fsp3) is 0.385. The van der Waals surface area contributed by atoms with Crippen molar-refractivity contribution in [1.29, 1.82) is 0 Å². The maximum Gasteiger partial charge on any atom is 0.0897 e. The highest BCUT2D eigenvalue weighted by molar-refractivity contribution is 7.11. The first-order valence-corrected chi connectivity index (χ1v) is 6.59. The second-order valence-corrected chi connectivity index (χ2v) is 5.33. The van der Waals surface area contributed by atoms with Gasteiger partial charge in [-0.05, 0) is 31.5 Å². The smallest absolute Gasteiger partial charge is 0.0897 e. The second kappa shape index (κ2) is 5.38. The maximum atomic E-state index is 4.33. The lowest BCUT2D eigenvalue weighted by Crippen LogP contribution is -2.21. The minimum absolute atomic E-state index is 0.207. The van der Waals surface area contributed by atoms with Gasteiger partial charge in [-0.25, -0.2) is 4.98 Å². The van der Waals surface area contributed by atoms with Gasteiger partial charge in [-0.3, -0.25) is 4.98 Å². The molecular weight excluding hydrogens is 230 g/mol. The van der Waals surface area contributed by atoms with Gasteiger partial charge in [0.2, 0.25) is 0 Å². The molecule has 1 atom stereocenters. The molecule has 0 aliphatic heterocycles. The Morgan fingerprint density at radius 2 is 2.12 bits per heavy atom. The molecule has 1 N–H and O–H groups in total. The summed E-state index contributed by atoms with van der Waals surface area (Å²) in [5.41, 5.74) is 2.39. The van der Waals surface area contributed by atoms with E-state index in [1.54, 1.807) is 11.3 Å². The van der Waals surface area contributed by atoms with Crippen LogP contribution in [-0.4, -0.2) is 16.5 Å². The van der Waals surface area contributed by atoms with Gasteiger partial charge in [0.05, 0.1) is 11.0 Å². The number of pyridine rings is 1. The van der Waals surface area contributed by atoms with E-state index in [-0.39, 0.29) is 6.04 Å². The number of hydrogen-bond donors (Lipinski definition) is 1. The highest BCUT2D eigenvalue weighted by Crippen LogP contribution is 2.26. The predicted molar refractivity (Wildman–Crippen MR) is 71.3 cm³/mol. The summed E-state index contributed by atoms with van der Waals surface area (Å²) in [7, 11) is 0. The SMILES string of the molecule is CCNC(c1cncc(C)c1)c1cnc(C)s1. The van der Waals surface area contributed by atoms with E-state index in [4.69, 9.17) is 0 Å². The van der Waals surface area contributed by atoms with Crippen LogP contribution in [0.25, 0.3) is 0 Å². The standard InChI is InChI=1S/C13H17N3S/c1-4-15-13(12-8-16-10(3)17-12)11-5-9(2)6-14-7-11/h5-8,13,15H,4H2,1-3H3. The van der Waals surface area contributed by atoms with E-state index in [1.165, 1.54) is 16.0 Å². The maximum absolute atomic E-state index is 4.33. The topological polar surface area (TPSA) is 37.8 Å². The van der Waals surface area contributed by atoms with Crippen LogP contribution in [0.15, 0.2) is 24.7 Å². The van der Waals surface area contributed by atoms with Crippen molar-refractivity contribution in [3.8, 4) is 0 Å². The zero-order valence-corrected chi connectivity index (χ0v) is 11.2. The molecule has 0 fully saturated rings. The molecule has 4 heteroatoms. The summed E-state index contributed by atoms with van der Waals surface area (Å²) in [6.45, 7) is 7.14. The lowest BCUT2D eigenvalue weighted by molar-refractivity contribution is 0.636. The van der Waals surface area contributed by atoms with E-state index in [9.17, 15) is 0 Å². The van der Waals surface area contributed by atoms with Crippen LogP contribution >= 0.6 is 11.3 Å². The van der Waals surface area contributed by atoms with Crippen molar-refractivity contribution < 1.29 is 0 Å². The third kappa shape index (κ3) is 2.90. The summed E-state index contributed by atoms with van der Waals surface area (Å²) in [5.74, 6) is 0. The van der Waals surface area contributed by atoms with Crippen molar-refractivity contribution in [2.24, 2.45) is 0 Å². The third-order valence-corrected chi connectivity index (χ3v) is 3.54. The Bertz CT molecular complexity index is 493. The van der Waals surface area contributed by atoms with Crippen LogP contribution in [0.1, 0.15) is 34.0 Å². The fourth-order valence-corrected chi connectivity index (χ4v) is 2.72. The molecule has 17 heavy (non-hydrogen) atoms. The summed E-state index contributed by atoms with van der Waals surface area (Å²) in [4.78, 5) is 9.84. The van der Waals surface area contributed by atoms with Crippen LogP contribution in [0.2, 0.25) is 0 Å². The van der Waals surface area contributed by atoms with E-state index in [0.29, 0.717) is 0 Å². The molecule has 0 saturated carbocycles. The molecule has 0 bridgehead atoms. The van der Waals surface area contributed by atoms with E-state index in [2.05, 4.69) is 35.2 Å². The molecule has 0 amide bonds. The number of nitrogens with zero attached hydrogens (tertiary/aromatic N) is 2. The summed E-state index contributed by atoms with van der Waals surface area (Å²) < 4.78 is 0. The lowest BCUT2D eigenvalue weighted by atomic mass is 10.1. The van der Waals surface area contributed by atoms with E-state index < -0.39 is 0 Å². The normalized spacial score (nSPS) is 12.6. The van der Waals surface area contributed by atoms with Crippen molar-refractivity contribution in [2.45, 2.75) is 26.8 Å². The average Bonchev–Trinajstić information content (AvgIpc) is 2.72. The number of nitrogens with one attached hydrogen (secondary N) is 1. The van der Waals surface area contributed by atoms with Crippen LogP contribution < -0.4 is 5.32 Å². The molecule has 1 unspecified atom stereocenters. The van der Waals surface area contributed by atoms with Crippen LogP contribution in [0, 0.1) is 13.8 Å². The molecule has 0 spiro atoms.